The van der Waals surface area contributed by atoms with Crippen LogP contribution in [0.25, 0.3) is 12.2 Å². The summed E-state index contributed by atoms with van der Waals surface area (Å²) in [4.78, 5) is 2.25. The van der Waals surface area contributed by atoms with E-state index >= 15 is 0 Å². The molecular formula is C28H25NO2. The first-order valence-corrected chi connectivity index (χ1v) is 10.2. The highest BCUT2D eigenvalue weighted by Gasteiger charge is 2.11. The molecule has 0 aliphatic carbocycles. The monoisotopic (exact) mass is 407 g/mol. The zero-order chi connectivity index (χ0) is 21.5. The lowest BCUT2D eigenvalue weighted by Gasteiger charge is -2.25. The maximum absolute atomic E-state index is 5.47. The summed E-state index contributed by atoms with van der Waals surface area (Å²) in [5, 5.41) is 0. The Labute approximate surface area is 183 Å². The van der Waals surface area contributed by atoms with Crippen molar-refractivity contribution < 1.29 is 9.47 Å². The minimum Gasteiger partial charge on any atom is -0.497 e. The van der Waals surface area contributed by atoms with Crippen molar-refractivity contribution in [2.45, 2.75) is 0 Å². The standard InChI is InChI=1S/C28H25NO2/c1-30-27-19-20-28(31-2)23(21-27)16-13-22-14-17-26(18-15-22)29(24-9-5-3-6-10-24)25-11-7-4-8-12-25/h3-21H,1-2H3. The van der Waals surface area contributed by atoms with Gasteiger partial charge >= 0.3 is 0 Å². The molecule has 0 fully saturated rings. The van der Waals surface area contributed by atoms with E-state index in [9.17, 15) is 0 Å². The topological polar surface area (TPSA) is 21.7 Å². The molecule has 154 valence electrons. The van der Waals surface area contributed by atoms with E-state index in [-0.39, 0.29) is 0 Å². The molecule has 0 N–H and O–H groups in total. The van der Waals surface area contributed by atoms with Crippen molar-refractivity contribution in [2.24, 2.45) is 0 Å². The van der Waals surface area contributed by atoms with Gasteiger partial charge in [0.25, 0.3) is 0 Å². The Hall–Kier alpha value is -3.98. The Balaban J connectivity index is 1.63. The van der Waals surface area contributed by atoms with E-state index in [1.165, 1.54) is 0 Å². The first-order valence-electron chi connectivity index (χ1n) is 10.2. The lowest BCUT2D eigenvalue weighted by atomic mass is 10.1. The van der Waals surface area contributed by atoms with Gasteiger partial charge < -0.3 is 14.4 Å². The van der Waals surface area contributed by atoms with Gasteiger partial charge in [-0.25, -0.2) is 0 Å². The predicted molar refractivity (Wildman–Crippen MR) is 130 cm³/mol. The van der Waals surface area contributed by atoms with Gasteiger partial charge in [0.05, 0.1) is 14.2 Å². The minimum atomic E-state index is 0.803. The van der Waals surface area contributed by atoms with Crippen LogP contribution in [-0.2, 0) is 0 Å². The molecule has 0 aliphatic rings. The number of benzene rings is 4. The summed E-state index contributed by atoms with van der Waals surface area (Å²) in [7, 11) is 3.34. The lowest BCUT2D eigenvalue weighted by molar-refractivity contribution is 0.402. The molecule has 4 aromatic rings. The third kappa shape index (κ3) is 4.78. The normalized spacial score (nSPS) is 10.8. The second-order valence-corrected chi connectivity index (χ2v) is 7.04. The molecule has 0 unspecified atom stereocenters. The highest BCUT2D eigenvalue weighted by Crippen LogP contribution is 2.34. The largest absolute Gasteiger partial charge is 0.497 e. The van der Waals surface area contributed by atoms with Crippen molar-refractivity contribution in [3.63, 3.8) is 0 Å². The molecule has 0 atom stereocenters. The quantitative estimate of drug-likeness (QED) is 0.299. The molecule has 0 spiro atoms. The van der Waals surface area contributed by atoms with Gasteiger partial charge in [-0.15, -0.1) is 0 Å². The van der Waals surface area contributed by atoms with Crippen molar-refractivity contribution in [1.82, 2.24) is 0 Å². The fraction of sp³-hybridized carbons (Fsp3) is 0.0714. The van der Waals surface area contributed by atoms with Crippen LogP contribution in [0, 0.1) is 0 Å². The molecule has 3 heteroatoms. The zero-order valence-corrected chi connectivity index (χ0v) is 17.7. The summed E-state index contributed by atoms with van der Waals surface area (Å²) in [5.41, 5.74) is 5.43. The Bertz CT molecular complexity index is 1100. The van der Waals surface area contributed by atoms with Crippen LogP contribution >= 0.6 is 0 Å². The van der Waals surface area contributed by atoms with Crippen LogP contribution in [0.3, 0.4) is 0 Å². The van der Waals surface area contributed by atoms with Crippen molar-refractivity contribution >= 4 is 29.2 Å². The number of anilines is 3. The van der Waals surface area contributed by atoms with E-state index in [0.717, 1.165) is 39.7 Å². The fourth-order valence-electron chi connectivity index (χ4n) is 3.49. The highest BCUT2D eigenvalue weighted by atomic mass is 16.5. The molecule has 0 saturated carbocycles. The molecule has 0 heterocycles. The van der Waals surface area contributed by atoms with Crippen LogP contribution < -0.4 is 14.4 Å². The maximum atomic E-state index is 5.47. The summed E-state index contributed by atoms with van der Waals surface area (Å²) in [6.45, 7) is 0. The lowest BCUT2D eigenvalue weighted by Crippen LogP contribution is -2.09. The van der Waals surface area contributed by atoms with Crippen LogP contribution in [0.15, 0.2) is 103 Å². The van der Waals surface area contributed by atoms with Gasteiger partial charge in [0.1, 0.15) is 11.5 Å². The Kier molecular flexibility index (Phi) is 6.34. The molecule has 31 heavy (non-hydrogen) atoms. The van der Waals surface area contributed by atoms with Crippen molar-refractivity contribution in [3.05, 3.63) is 114 Å². The minimum absolute atomic E-state index is 0.803. The van der Waals surface area contributed by atoms with E-state index in [1.807, 2.05) is 36.4 Å². The third-order valence-corrected chi connectivity index (χ3v) is 5.07. The molecule has 4 rings (SSSR count). The number of para-hydroxylation sites is 2. The number of hydrogen-bond acceptors (Lipinski definition) is 3. The number of nitrogens with zero attached hydrogens (tertiary/aromatic N) is 1. The molecular weight excluding hydrogens is 382 g/mol. The summed E-state index contributed by atoms with van der Waals surface area (Å²) < 4.78 is 10.8. The number of methoxy groups -OCH3 is 2. The van der Waals surface area contributed by atoms with Crippen LogP contribution in [0.2, 0.25) is 0 Å². The van der Waals surface area contributed by atoms with Gasteiger partial charge in [0, 0.05) is 22.6 Å². The molecule has 0 saturated heterocycles. The van der Waals surface area contributed by atoms with E-state index in [2.05, 4.69) is 83.8 Å². The van der Waals surface area contributed by atoms with E-state index in [4.69, 9.17) is 9.47 Å². The average Bonchev–Trinajstić information content (AvgIpc) is 2.85. The summed E-state index contributed by atoms with van der Waals surface area (Å²) >= 11 is 0. The molecule has 3 nitrogen and oxygen atoms in total. The molecule has 0 aliphatic heterocycles. The molecule has 4 aromatic carbocycles. The summed E-state index contributed by atoms with van der Waals surface area (Å²) in [5.74, 6) is 1.62. The van der Waals surface area contributed by atoms with Gasteiger partial charge in [-0.1, -0.05) is 60.7 Å². The van der Waals surface area contributed by atoms with E-state index in [0.29, 0.717) is 0 Å². The van der Waals surface area contributed by atoms with Gasteiger partial charge in [-0.05, 0) is 60.2 Å². The zero-order valence-electron chi connectivity index (χ0n) is 17.7. The molecule has 0 aromatic heterocycles. The van der Waals surface area contributed by atoms with Crippen LogP contribution in [0.1, 0.15) is 11.1 Å². The van der Waals surface area contributed by atoms with Crippen molar-refractivity contribution in [2.75, 3.05) is 19.1 Å². The van der Waals surface area contributed by atoms with Gasteiger partial charge in [-0.2, -0.15) is 0 Å². The Morgan fingerprint density at radius 1 is 0.581 bits per heavy atom. The van der Waals surface area contributed by atoms with E-state index in [1.54, 1.807) is 14.2 Å². The average molecular weight is 408 g/mol. The van der Waals surface area contributed by atoms with Crippen molar-refractivity contribution in [1.29, 1.82) is 0 Å². The molecule has 0 radical (unpaired) electrons. The smallest absolute Gasteiger partial charge is 0.126 e. The van der Waals surface area contributed by atoms with Crippen LogP contribution in [-0.4, -0.2) is 14.2 Å². The van der Waals surface area contributed by atoms with Crippen LogP contribution in [0.5, 0.6) is 11.5 Å². The summed E-state index contributed by atoms with van der Waals surface area (Å²) in [6.07, 6.45) is 4.12. The first-order chi connectivity index (χ1) is 15.3. The van der Waals surface area contributed by atoms with E-state index < -0.39 is 0 Å². The van der Waals surface area contributed by atoms with Gasteiger partial charge in [-0.3, -0.25) is 0 Å². The summed E-state index contributed by atoms with van der Waals surface area (Å²) in [6, 6.07) is 35.1. The second kappa shape index (κ2) is 9.68. The maximum Gasteiger partial charge on any atom is 0.126 e. The predicted octanol–water partition coefficient (Wildman–Crippen LogP) is 7.34. The van der Waals surface area contributed by atoms with Gasteiger partial charge in [0.2, 0.25) is 0 Å². The Morgan fingerprint density at radius 2 is 1.16 bits per heavy atom. The van der Waals surface area contributed by atoms with Crippen LogP contribution in [0.4, 0.5) is 17.1 Å². The number of hydrogen-bond donors (Lipinski definition) is 0. The molecule has 0 amide bonds. The number of rotatable bonds is 7. The third-order valence-electron chi connectivity index (χ3n) is 5.07. The SMILES string of the molecule is COc1ccc(OC)c(C=Cc2ccc(N(c3ccccc3)c3ccccc3)cc2)c1. The first kappa shape index (κ1) is 20.3. The highest BCUT2D eigenvalue weighted by molar-refractivity contribution is 5.78. The Morgan fingerprint density at radius 3 is 1.71 bits per heavy atom. The van der Waals surface area contributed by atoms with Gasteiger partial charge in [0.15, 0.2) is 0 Å². The van der Waals surface area contributed by atoms with Crippen molar-refractivity contribution in [3.8, 4) is 11.5 Å². The molecule has 0 bridgehead atoms. The number of ether oxygens (including phenoxy) is 2. The second-order valence-electron chi connectivity index (χ2n) is 7.04. The fourth-order valence-corrected chi connectivity index (χ4v) is 3.49.